The number of carbonyl (C=O) groups is 2. The number of hydrogen-bond donors (Lipinski definition) is 2. The van der Waals surface area contributed by atoms with E-state index in [2.05, 4.69) is 10.9 Å². The highest BCUT2D eigenvalue weighted by Gasteiger charge is 2.16. The Labute approximate surface area is 169 Å². The van der Waals surface area contributed by atoms with E-state index in [0.717, 1.165) is 17.2 Å². The fourth-order valence-corrected chi connectivity index (χ4v) is 2.71. The summed E-state index contributed by atoms with van der Waals surface area (Å²) in [5, 5.41) is 2.12. The van der Waals surface area contributed by atoms with Gasteiger partial charge in [0.1, 0.15) is 11.5 Å². The van der Waals surface area contributed by atoms with E-state index in [1.54, 1.807) is 31.2 Å². The molecular weight excluding hydrogens is 368 g/mol. The molecule has 1 unspecified atom stereocenters. The summed E-state index contributed by atoms with van der Waals surface area (Å²) in [5.41, 5.74) is 5.20. The largest absolute Gasteiger partial charge is 0.494 e. The van der Waals surface area contributed by atoms with Gasteiger partial charge >= 0.3 is 0 Å². The highest BCUT2D eigenvalue weighted by molar-refractivity contribution is 5.95. The van der Waals surface area contributed by atoms with Crippen molar-refractivity contribution in [2.24, 2.45) is 0 Å². The Balaban J connectivity index is 1.51. The topological polar surface area (TPSA) is 76.7 Å². The zero-order chi connectivity index (χ0) is 20.6. The van der Waals surface area contributed by atoms with Crippen molar-refractivity contribution in [1.82, 2.24) is 10.9 Å². The minimum Gasteiger partial charge on any atom is -0.494 e. The highest BCUT2D eigenvalue weighted by atomic mass is 16.5. The Bertz CT molecular complexity index is 986. The number of fused-ring (bicyclic) bond motifs is 1. The zero-order valence-corrected chi connectivity index (χ0v) is 16.5. The molecule has 0 radical (unpaired) electrons. The molecule has 0 aliphatic carbocycles. The lowest BCUT2D eigenvalue weighted by Crippen LogP contribution is -2.47. The summed E-state index contributed by atoms with van der Waals surface area (Å²) < 4.78 is 11.2. The molecule has 3 aromatic carbocycles. The fraction of sp³-hybridized carbons (Fsp3) is 0.217. The van der Waals surface area contributed by atoms with Crippen molar-refractivity contribution in [3.05, 3.63) is 72.3 Å². The van der Waals surface area contributed by atoms with Crippen molar-refractivity contribution in [3.63, 3.8) is 0 Å². The Kier molecular flexibility index (Phi) is 6.68. The van der Waals surface area contributed by atoms with E-state index in [0.29, 0.717) is 23.7 Å². The molecule has 0 heterocycles. The summed E-state index contributed by atoms with van der Waals surface area (Å²) >= 11 is 0. The van der Waals surface area contributed by atoms with Crippen molar-refractivity contribution in [2.45, 2.75) is 26.4 Å². The number of ether oxygens (including phenoxy) is 2. The summed E-state index contributed by atoms with van der Waals surface area (Å²) in [5.74, 6) is 0.415. The average Bonchev–Trinajstić information content (AvgIpc) is 2.76. The van der Waals surface area contributed by atoms with E-state index in [9.17, 15) is 9.59 Å². The highest BCUT2D eigenvalue weighted by Crippen LogP contribution is 2.21. The van der Waals surface area contributed by atoms with Crippen molar-refractivity contribution in [2.75, 3.05) is 6.61 Å². The monoisotopic (exact) mass is 392 g/mol. The van der Waals surface area contributed by atoms with E-state index < -0.39 is 17.9 Å². The molecule has 0 saturated heterocycles. The third kappa shape index (κ3) is 5.48. The summed E-state index contributed by atoms with van der Waals surface area (Å²) in [6, 6.07) is 20.2. The third-order valence-corrected chi connectivity index (χ3v) is 4.29. The van der Waals surface area contributed by atoms with Gasteiger partial charge in [-0.25, -0.2) is 0 Å². The van der Waals surface area contributed by atoms with Crippen LogP contribution in [0, 0.1) is 0 Å². The maximum Gasteiger partial charge on any atom is 0.279 e. The zero-order valence-electron chi connectivity index (χ0n) is 16.5. The summed E-state index contributed by atoms with van der Waals surface area (Å²) in [6.45, 7) is 4.27. The van der Waals surface area contributed by atoms with E-state index >= 15 is 0 Å². The second-order valence-electron chi connectivity index (χ2n) is 6.59. The lowest BCUT2D eigenvalue weighted by molar-refractivity contribution is -0.128. The van der Waals surface area contributed by atoms with Crippen LogP contribution in [0.25, 0.3) is 10.8 Å². The number of carbonyl (C=O) groups excluding carboxylic acids is 2. The van der Waals surface area contributed by atoms with E-state index in [4.69, 9.17) is 9.47 Å². The molecular formula is C23H24N2O4. The molecule has 1 atom stereocenters. The van der Waals surface area contributed by atoms with Crippen molar-refractivity contribution in [1.29, 1.82) is 0 Å². The minimum atomic E-state index is -0.777. The van der Waals surface area contributed by atoms with Gasteiger partial charge in [-0.3, -0.25) is 20.4 Å². The molecule has 150 valence electrons. The molecule has 0 spiro atoms. The fourth-order valence-electron chi connectivity index (χ4n) is 2.71. The van der Waals surface area contributed by atoms with Gasteiger partial charge in [0, 0.05) is 5.56 Å². The van der Waals surface area contributed by atoms with Crippen molar-refractivity contribution >= 4 is 22.6 Å². The summed E-state index contributed by atoms with van der Waals surface area (Å²) in [6.07, 6.45) is 0.134. The van der Waals surface area contributed by atoms with E-state index in [-0.39, 0.29) is 0 Å². The van der Waals surface area contributed by atoms with Gasteiger partial charge in [-0.15, -0.1) is 0 Å². The number of amides is 2. The number of benzene rings is 3. The molecule has 0 bridgehead atoms. The van der Waals surface area contributed by atoms with Crippen LogP contribution in [0.5, 0.6) is 11.5 Å². The van der Waals surface area contributed by atoms with Crippen LogP contribution in [-0.4, -0.2) is 24.5 Å². The maximum absolute atomic E-state index is 12.2. The second-order valence-corrected chi connectivity index (χ2v) is 6.59. The SMILES string of the molecule is CCCOc1ccc(C(=O)NNC(=O)C(C)Oc2ccc3ccccc3c2)cc1. The Morgan fingerprint density at radius 1 is 0.897 bits per heavy atom. The molecule has 2 N–H and O–H groups in total. The van der Waals surface area contributed by atoms with E-state index in [1.807, 2.05) is 49.4 Å². The maximum atomic E-state index is 12.2. The molecule has 0 aliphatic rings. The first-order valence-electron chi connectivity index (χ1n) is 9.55. The van der Waals surface area contributed by atoms with Crippen LogP contribution in [0.3, 0.4) is 0 Å². The molecule has 3 aromatic rings. The molecule has 29 heavy (non-hydrogen) atoms. The van der Waals surface area contributed by atoms with Gasteiger partial charge in [-0.2, -0.15) is 0 Å². The van der Waals surface area contributed by atoms with Gasteiger partial charge in [0.25, 0.3) is 11.8 Å². The number of hydrazine groups is 1. The molecule has 3 rings (SSSR count). The molecule has 0 fully saturated rings. The lowest BCUT2D eigenvalue weighted by Gasteiger charge is -2.15. The number of hydrogen-bond acceptors (Lipinski definition) is 4. The second kappa shape index (κ2) is 9.59. The number of nitrogens with one attached hydrogen (secondary N) is 2. The minimum absolute atomic E-state index is 0.414. The Hall–Kier alpha value is -3.54. The predicted molar refractivity (Wildman–Crippen MR) is 112 cm³/mol. The van der Waals surface area contributed by atoms with E-state index in [1.165, 1.54) is 0 Å². The first-order chi connectivity index (χ1) is 14.1. The molecule has 2 amide bonds. The smallest absolute Gasteiger partial charge is 0.279 e. The Morgan fingerprint density at radius 2 is 1.59 bits per heavy atom. The van der Waals surface area contributed by atoms with Gasteiger partial charge < -0.3 is 9.47 Å². The van der Waals surface area contributed by atoms with Gasteiger partial charge in [-0.05, 0) is 60.5 Å². The van der Waals surface area contributed by atoms with Gasteiger partial charge in [0.05, 0.1) is 6.61 Å². The van der Waals surface area contributed by atoms with Crippen LogP contribution in [0.2, 0.25) is 0 Å². The molecule has 0 aliphatic heterocycles. The van der Waals surface area contributed by atoms with Crippen molar-refractivity contribution < 1.29 is 19.1 Å². The van der Waals surface area contributed by atoms with Gasteiger partial charge in [-0.1, -0.05) is 37.3 Å². The quantitative estimate of drug-likeness (QED) is 0.599. The standard InChI is InChI=1S/C23H24N2O4/c1-3-14-28-20-11-9-18(10-12-20)23(27)25-24-22(26)16(2)29-21-13-8-17-6-4-5-7-19(17)15-21/h4-13,15-16H,3,14H2,1-2H3,(H,24,26)(H,25,27). The first-order valence-corrected chi connectivity index (χ1v) is 9.55. The molecule has 0 saturated carbocycles. The van der Waals surface area contributed by atoms with Crippen LogP contribution in [0.15, 0.2) is 66.7 Å². The molecule has 6 heteroatoms. The predicted octanol–water partition coefficient (Wildman–Crippen LogP) is 3.86. The summed E-state index contributed by atoms with van der Waals surface area (Å²) in [7, 11) is 0. The van der Waals surface area contributed by atoms with Crippen LogP contribution >= 0.6 is 0 Å². The van der Waals surface area contributed by atoms with Crippen LogP contribution in [0.4, 0.5) is 0 Å². The normalized spacial score (nSPS) is 11.5. The molecule has 6 nitrogen and oxygen atoms in total. The van der Waals surface area contributed by atoms with Crippen LogP contribution < -0.4 is 20.3 Å². The van der Waals surface area contributed by atoms with Crippen LogP contribution in [-0.2, 0) is 4.79 Å². The van der Waals surface area contributed by atoms with Gasteiger partial charge in [0.2, 0.25) is 0 Å². The van der Waals surface area contributed by atoms with Gasteiger partial charge in [0.15, 0.2) is 6.10 Å². The lowest BCUT2D eigenvalue weighted by atomic mass is 10.1. The Morgan fingerprint density at radius 3 is 2.31 bits per heavy atom. The number of rotatable bonds is 7. The molecule has 0 aromatic heterocycles. The first kappa shape index (κ1) is 20.2. The summed E-state index contributed by atoms with van der Waals surface area (Å²) in [4.78, 5) is 24.4. The third-order valence-electron chi connectivity index (χ3n) is 4.29. The van der Waals surface area contributed by atoms with Crippen molar-refractivity contribution in [3.8, 4) is 11.5 Å². The van der Waals surface area contributed by atoms with Crippen LogP contribution in [0.1, 0.15) is 30.6 Å². The average molecular weight is 392 g/mol.